The third-order valence-corrected chi connectivity index (χ3v) is 7.00. The highest BCUT2D eigenvalue weighted by atomic mass is 35.5. The second kappa shape index (κ2) is 11.7. The molecule has 1 saturated heterocycles. The fourth-order valence-electron chi connectivity index (χ4n) is 5.10. The van der Waals surface area contributed by atoms with Gasteiger partial charge in [0.15, 0.2) is 0 Å². The molecule has 1 N–H and O–H groups in total. The first-order valence-corrected chi connectivity index (χ1v) is 12.8. The Morgan fingerprint density at radius 1 is 0.971 bits per heavy atom. The average Bonchev–Trinajstić information content (AvgIpc) is 2.83. The van der Waals surface area contributed by atoms with Gasteiger partial charge in [-0.15, -0.1) is 0 Å². The monoisotopic (exact) mass is 474 g/mol. The first kappa shape index (κ1) is 24.5. The summed E-state index contributed by atoms with van der Waals surface area (Å²) < 4.78 is 0. The molecule has 1 amide bonds. The van der Waals surface area contributed by atoms with Crippen LogP contribution in [0.2, 0.25) is 5.02 Å². The van der Waals surface area contributed by atoms with Crippen LogP contribution in [-0.2, 0) is 12.8 Å². The Kier molecular flexibility index (Phi) is 8.42. The van der Waals surface area contributed by atoms with E-state index in [2.05, 4.69) is 66.5 Å². The molecule has 0 unspecified atom stereocenters. The van der Waals surface area contributed by atoms with Crippen molar-refractivity contribution < 1.29 is 4.79 Å². The van der Waals surface area contributed by atoms with Crippen molar-refractivity contribution >= 4 is 17.5 Å². The van der Waals surface area contributed by atoms with E-state index >= 15 is 0 Å². The molecule has 0 saturated carbocycles. The van der Waals surface area contributed by atoms with Gasteiger partial charge in [0.1, 0.15) is 0 Å². The second-order valence-electron chi connectivity index (χ2n) is 9.62. The van der Waals surface area contributed by atoms with Crippen LogP contribution in [0.15, 0.2) is 72.8 Å². The van der Waals surface area contributed by atoms with Gasteiger partial charge in [-0.25, -0.2) is 0 Å². The molecule has 3 nitrogen and oxygen atoms in total. The molecule has 2 atom stereocenters. The zero-order valence-corrected chi connectivity index (χ0v) is 21.0. The fourth-order valence-corrected chi connectivity index (χ4v) is 5.22. The molecular formula is C30H35ClN2O. The zero-order chi connectivity index (χ0) is 23.9. The Balaban J connectivity index is 1.39. The summed E-state index contributed by atoms with van der Waals surface area (Å²) >= 11 is 5.99. The topological polar surface area (TPSA) is 32.3 Å². The van der Waals surface area contributed by atoms with E-state index in [4.69, 9.17) is 11.6 Å². The normalized spacial score (nSPS) is 18.1. The number of amides is 1. The summed E-state index contributed by atoms with van der Waals surface area (Å²) in [6.07, 6.45) is 4.99. The van der Waals surface area contributed by atoms with E-state index in [1.165, 1.54) is 11.1 Å². The molecule has 1 aliphatic rings. The maximum atomic E-state index is 13.5. The zero-order valence-electron chi connectivity index (χ0n) is 20.3. The molecule has 0 radical (unpaired) electrons. The number of nitrogens with one attached hydrogen (secondary N) is 1. The van der Waals surface area contributed by atoms with Gasteiger partial charge >= 0.3 is 0 Å². The molecule has 4 rings (SSSR count). The third-order valence-electron chi connectivity index (χ3n) is 6.75. The minimum Gasteiger partial charge on any atom is -0.335 e. The number of piperidine rings is 1. The molecule has 34 heavy (non-hydrogen) atoms. The molecule has 1 fully saturated rings. The van der Waals surface area contributed by atoms with Crippen molar-refractivity contribution in [3.63, 3.8) is 0 Å². The van der Waals surface area contributed by atoms with Crippen LogP contribution in [0.3, 0.4) is 0 Å². The Hall–Kier alpha value is -2.62. The largest absolute Gasteiger partial charge is 0.335 e. The third kappa shape index (κ3) is 6.71. The van der Waals surface area contributed by atoms with Crippen LogP contribution in [0.1, 0.15) is 51.9 Å². The molecule has 1 heterocycles. The molecule has 3 aromatic rings. The smallest absolute Gasteiger partial charge is 0.254 e. The number of hydrogen-bond acceptors (Lipinski definition) is 2. The fraction of sp³-hybridized carbons (Fsp3) is 0.367. The van der Waals surface area contributed by atoms with Gasteiger partial charge in [-0.05, 0) is 87.9 Å². The van der Waals surface area contributed by atoms with Crippen molar-refractivity contribution in [2.75, 3.05) is 13.1 Å². The predicted octanol–water partition coefficient (Wildman–Crippen LogP) is 6.40. The van der Waals surface area contributed by atoms with Crippen LogP contribution in [0.5, 0.6) is 0 Å². The van der Waals surface area contributed by atoms with Gasteiger partial charge in [0.25, 0.3) is 5.91 Å². The summed E-state index contributed by atoms with van der Waals surface area (Å²) in [5, 5.41) is 4.56. The Labute approximate surface area is 209 Å². The molecule has 0 bridgehead atoms. The number of hydrogen-bond donors (Lipinski definition) is 1. The lowest BCUT2D eigenvalue weighted by Crippen LogP contribution is -2.52. The van der Waals surface area contributed by atoms with Gasteiger partial charge < -0.3 is 10.2 Å². The van der Waals surface area contributed by atoms with E-state index < -0.39 is 0 Å². The molecule has 0 aromatic heterocycles. The lowest BCUT2D eigenvalue weighted by atomic mass is 9.91. The minimum absolute atomic E-state index is 0.161. The summed E-state index contributed by atoms with van der Waals surface area (Å²) in [6, 6.07) is 25.5. The quantitative estimate of drug-likeness (QED) is 0.383. The summed E-state index contributed by atoms with van der Waals surface area (Å²) in [5.74, 6) is 0.161. The van der Waals surface area contributed by atoms with Gasteiger partial charge in [0.2, 0.25) is 0 Å². The number of benzene rings is 3. The lowest BCUT2D eigenvalue weighted by molar-refractivity contribution is 0.0577. The Bertz CT molecular complexity index is 1060. The van der Waals surface area contributed by atoms with E-state index in [1.54, 1.807) is 0 Å². The number of rotatable bonds is 8. The number of nitrogens with zero attached hydrogens (tertiary/aromatic N) is 1. The molecule has 4 heteroatoms. The van der Waals surface area contributed by atoms with Gasteiger partial charge in [0, 0.05) is 29.2 Å². The maximum absolute atomic E-state index is 13.5. The predicted molar refractivity (Wildman–Crippen MR) is 142 cm³/mol. The van der Waals surface area contributed by atoms with Gasteiger partial charge in [0.05, 0.1) is 0 Å². The molecular weight excluding hydrogens is 440 g/mol. The Morgan fingerprint density at radius 3 is 2.38 bits per heavy atom. The lowest BCUT2D eigenvalue weighted by Gasteiger charge is -2.40. The average molecular weight is 475 g/mol. The van der Waals surface area contributed by atoms with Crippen molar-refractivity contribution in [2.45, 2.75) is 58.0 Å². The van der Waals surface area contributed by atoms with Crippen molar-refractivity contribution in [1.29, 1.82) is 0 Å². The van der Waals surface area contributed by atoms with Crippen molar-refractivity contribution in [3.8, 4) is 0 Å². The number of likely N-dealkylation sites (tertiary alicyclic amines) is 1. The molecule has 1 aliphatic heterocycles. The van der Waals surface area contributed by atoms with Crippen molar-refractivity contribution in [2.24, 2.45) is 0 Å². The number of aryl methyl sites for hydroxylation is 3. The number of carbonyl (C=O) groups excluding carboxylic acids is 1. The Morgan fingerprint density at radius 2 is 1.68 bits per heavy atom. The van der Waals surface area contributed by atoms with Gasteiger partial charge in [-0.2, -0.15) is 0 Å². The highest BCUT2D eigenvalue weighted by Crippen LogP contribution is 2.24. The van der Waals surface area contributed by atoms with E-state index in [9.17, 15) is 4.79 Å². The van der Waals surface area contributed by atoms with Crippen molar-refractivity contribution in [1.82, 2.24) is 10.2 Å². The minimum atomic E-state index is 0.161. The van der Waals surface area contributed by atoms with E-state index in [0.29, 0.717) is 6.04 Å². The number of carbonyl (C=O) groups is 1. The molecule has 0 aliphatic carbocycles. The standard InChI is InChI=1S/C30H35ClN2O/c1-22-17-23(2)19-26(18-22)30(34)33-16-14-28(21-29(33)20-25-7-4-3-5-8-25)32-15-6-9-24-10-12-27(31)13-11-24/h3-5,7-8,10-13,17-19,28-29,32H,6,9,14-16,20-21H2,1-2H3/t28-,29-/m0/s1. The van der Waals surface area contributed by atoms with E-state index in [0.717, 1.165) is 66.9 Å². The first-order chi connectivity index (χ1) is 16.5. The van der Waals surface area contributed by atoms with Crippen LogP contribution >= 0.6 is 11.6 Å². The van der Waals surface area contributed by atoms with Gasteiger partial charge in [-0.1, -0.05) is 71.3 Å². The maximum Gasteiger partial charge on any atom is 0.254 e. The van der Waals surface area contributed by atoms with Gasteiger partial charge in [-0.3, -0.25) is 4.79 Å². The second-order valence-corrected chi connectivity index (χ2v) is 10.1. The summed E-state index contributed by atoms with van der Waals surface area (Å²) in [7, 11) is 0. The van der Waals surface area contributed by atoms with Crippen LogP contribution in [0, 0.1) is 13.8 Å². The highest BCUT2D eigenvalue weighted by molar-refractivity contribution is 6.30. The van der Waals surface area contributed by atoms with Crippen LogP contribution in [-0.4, -0.2) is 36.0 Å². The summed E-state index contributed by atoms with van der Waals surface area (Å²) in [6.45, 7) is 5.89. The van der Waals surface area contributed by atoms with Crippen LogP contribution in [0.25, 0.3) is 0 Å². The summed E-state index contributed by atoms with van der Waals surface area (Å²) in [5.41, 5.74) is 5.70. The SMILES string of the molecule is Cc1cc(C)cc(C(=O)N2CC[C@H](NCCCc3ccc(Cl)cc3)C[C@@H]2Cc2ccccc2)c1. The molecule has 178 valence electrons. The first-order valence-electron chi connectivity index (χ1n) is 12.4. The molecule has 3 aromatic carbocycles. The summed E-state index contributed by atoms with van der Waals surface area (Å²) in [4.78, 5) is 15.7. The van der Waals surface area contributed by atoms with E-state index in [-0.39, 0.29) is 11.9 Å². The highest BCUT2D eigenvalue weighted by Gasteiger charge is 2.32. The number of halogens is 1. The van der Waals surface area contributed by atoms with Crippen LogP contribution in [0.4, 0.5) is 0 Å². The molecule has 0 spiro atoms. The van der Waals surface area contributed by atoms with Crippen LogP contribution < -0.4 is 5.32 Å². The van der Waals surface area contributed by atoms with E-state index in [1.807, 2.05) is 30.3 Å². The van der Waals surface area contributed by atoms with Crippen molar-refractivity contribution in [3.05, 3.63) is 106 Å².